The monoisotopic (exact) mass is 479 g/mol. The van der Waals surface area contributed by atoms with Crippen LogP contribution in [0.15, 0.2) is 67.3 Å². The van der Waals surface area contributed by atoms with Crippen LogP contribution in [0.3, 0.4) is 0 Å². The van der Waals surface area contributed by atoms with Crippen LogP contribution in [0.25, 0.3) is 11.3 Å². The van der Waals surface area contributed by atoms with Crippen molar-refractivity contribution in [2.75, 3.05) is 33.4 Å². The van der Waals surface area contributed by atoms with Gasteiger partial charge in [0.25, 0.3) is 0 Å². The highest BCUT2D eigenvalue weighted by atomic mass is 16.5. The zero-order valence-corrected chi connectivity index (χ0v) is 21.2. The van der Waals surface area contributed by atoms with E-state index in [1.807, 2.05) is 61.6 Å². The maximum Gasteiger partial charge on any atom is 0.222 e. The lowest BCUT2D eigenvalue weighted by molar-refractivity contribution is 0.0222. The number of nitrogens with zero attached hydrogens (tertiary/aromatic N) is 3. The smallest absolute Gasteiger partial charge is 0.222 e. The van der Waals surface area contributed by atoms with Gasteiger partial charge in [-0.05, 0) is 18.1 Å². The summed E-state index contributed by atoms with van der Waals surface area (Å²) in [5.74, 6) is 2.31. The Morgan fingerprint density at radius 1 is 1.06 bits per heavy atom. The van der Waals surface area contributed by atoms with Crippen molar-refractivity contribution in [1.82, 2.24) is 14.7 Å². The van der Waals surface area contributed by atoms with E-state index in [4.69, 9.17) is 19.3 Å². The molecule has 1 atom stereocenters. The van der Waals surface area contributed by atoms with E-state index in [-0.39, 0.29) is 6.61 Å². The third-order valence-corrected chi connectivity index (χ3v) is 5.43. The summed E-state index contributed by atoms with van der Waals surface area (Å²) >= 11 is 0. The maximum atomic E-state index is 10.6. The number of benzene rings is 2. The first-order valence-electron chi connectivity index (χ1n) is 11.9. The first-order chi connectivity index (χ1) is 16.9. The lowest BCUT2D eigenvalue weighted by Crippen LogP contribution is -2.37. The molecule has 0 spiro atoms. The van der Waals surface area contributed by atoms with Gasteiger partial charge in [-0.15, -0.1) is 6.58 Å². The van der Waals surface area contributed by atoms with E-state index in [1.165, 1.54) is 0 Å². The Balaban J connectivity index is 1.98. The average molecular weight is 480 g/mol. The molecule has 7 heteroatoms. The van der Waals surface area contributed by atoms with Gasteiger partial charge in [0.05, 0.1) is 32.0 Å². The van der Waals surface area contributed by atoms with Crippen molar-refractivity contribution in [2.45, 2.75) is 26.5 Å². The van der Waals surface area contributed by atoms with Crippen molar-refractivity contribution in [1.29, 1.82) is 0 Å². The molecule has 1 aromatic heterocycles. The summed E-state index contributed by atoms with van der Waals surface area (Å²) in [7, 11) is 3.51. The number of aliphatic hydroxyl groups excluding tert-OH is 1. The number of aryl methyl sites for hydroxylation is 1. The van der Waals surface area contributed by atoms with Crippen LogP contribution in [-0.2, 0) is 18.3 Å². The minimum absolute atomic E-state index is 0.254. The van der Waals surface area contributed by atoms with Gasteiger partial charge >= 0.3 is 0 Å². The zero-order valence-electron chi connectivity index (χ0n) is 21.2. The summed E-state index contributed by atoms with van der Waals surface area (Å²) in [6.45, 7) is 10.5. The Bertz CT molecular complexity index is 1070. The minimum atomic E-state index is -0.621. The van der Waals surface area contributed by atoms with Crippen LogP contribution in [0.5, 0.6) is 17.4 Å². The minimum Gasteiger partial charge on any atom is -0.493 e. The van der Waals surface area contributed by atoms with Crippen LogP contribution in [0, 0.1) is 5.92 Å². The van der Waals surface area contributed by atoms with Gasteiger partial charge in [-0.3, -0.25) is 4.90 Å². The van der Waals surface area contributed by atoms with Crippen molar-refractivity contribution >= 4 is 0 Å². The molecule has 0 aliphatic carbocycles. The van der Waals surface area contributed by atoms with Gasteiger partial charge in [-0.1, -0.05) is 62.4 Å². The van der Waals surface area contributed by atoms with Gasteiger partial charge < -0.3 is 19.3 Å². The highest BCUT2D eigenvalue weighted by Gasteiger charge is 2.24. The van der Waals surface area contributed by atoms with Crippen molar-refractivity contribution in [3.8, 4) is 28.6 Å². The van der Waals surface area contributed by atoms with Gasteiger partial charge in [-0.2, -0.15) is 5.10 Å². The topological polar surface area (TPSA) is 69.0 Å². The Morgan fingerprint density at radius 2 is 1.74 bits per heavy atom. The predicted molar refractivity (Wildman–Crippen MR) is 139 cm³/mol. The van der Waals surface area contributed by atoms with Gasteiger partial charge in [0.15, 0.2) is 11.5 Å². The number of hydrogen-bond donors (Lipinski definition) is 1. The third-order valence-electron chi connectivity index (χ3n) is 5.43. The number of hydrogen-bond acceptors (Lipinski definition) is 6. The molecule has 0 bridgehead atoms. The van der Waals surface area contributed by atoms with Crippen LogP contribution < -0.4 is 9.47 Å². The van der Waals surface area contributed by atoms with Crippen molar-refractivity contribution in [3.05, 3.63) is 72.8 Å². The van der Waals surface area contributed by atoms with Gasteiger partial charge in [-0.25, -0.2) is 4.68 Å². The van der Waals surface area contributed by atoms with Gasteiger partial charge in [0, 0.05) is 32.2 Å². The number of aliphatic hydroxyl groups is 1. The standard InChI is InChI=1S/C28H37N3O4/c1-6-16-34-20-23(32)18-31(17-21(2)3)19-24-27(22-12-8-7-9-13-22)29-30(4)28(24)35-26-15-11-10-14-25(26)33-5/h6-15,21,23,32H,1,16-20H2,2-5H3/t23-/m0/s1. The molecule has 1 heterocycles. The molecule has 0 aliphatic rings. The third kappa shape index (κ3) is 7.42. The molecular formula is C28H37N3O4. The molecule has 2 aromatic carbocycles. The lowest BCUT2D eigenvalue weighted by Gasteiger charge is -2.27. The second-order valence-electron chi connectivity index (χ2n) is 8.94. The molecule has 0 saturated heterocycles. The molecule has 188 valence electrons. The van der Waals surface area contributed by atoms with Crippen LogP contribution >= 0.6 is 0 Å². The average Bonchev–Trinajstić information content (AvgIpc) is 3.14. The SMILES string of the molecule is C=CCOC[C@@H](O)CN(Cc1c(-c2ccccc2)nn(C)c1Oc1ccccc1OC)CC(C)C. The molecule has 0 aliphatic heterocycles. The predicted octanol–water partition coefficient (Wildman–Crippen LogP) is 4.91. The van der Waals surface area contributed by atoms with Crippen molar-refractivity contribution < 1.29 is 19.3 Å². The van der Waals surface area contributed by atoms with Crippen LogP contribution in [0.2, 0.25) is 0 Å². The van der Waals surface area contributed by atoms with Gasteiger partial charge in [0.1, 0.15) is 5.69 Å². The van der Waals surface area contributed by atoms with Crippen LogP contribution in [0.4, 0.5) is 0 Å². The normalized spacial score (nSPS) is 12.2. The second kappa shape index (κ2) is 13.1. The van der Waals surface area contributed by atoms with Gasteiger partial charge in [0.2, 0.25) is 5.88 Å². The summed E-state index contributed by atoms with van der Waals surface area (Å²) in [5.41, 5.74) is 2.81. The summed E-state index contributed by atoms with van der Waals surface area (Å²) < 4.78 is 19.1. The number of methoxy groups -OCH3 is 1. The summed E-state index contributed by atoms with van der Waals surface area (Å²) in [6.07, 6.45) is 1.06. The zero-order chi connectivity index (χ0) is 25.2. The van der Waals surface area contributed by atoms with E-state index in [0.717, 1.165) is 23.4 Å². The Hall–Kier alpha value is -3.13. The van der Waals surface area contributed by atoms with E-state index < -0.39 is 6.10 Å². The highest BCUT2D eigenvalue weighted by molar-refractivity contribution is 5.66. The van der Waals surface area contributed by atoms with E-state index >= 15 is 0 Å². The fourth-order valence-electron chi connectivity index (χ4n) is 4.04. The van der Waals surface area contributed by atoms with Crippen LogP contribution in [-0.4, -0.2) is 59.3 Å². The summed E-state index contributed by atoms with van der Waals surface area (Å²) in [4.78, 5) is 2.23. The van der Waals surface area contributed by atoms with Crippen molar-refractivity contribution in [3.63, 3.8) is 0 Å². The molecule has 7 nitrogen and oxygen atoms in total. The van der Waals surface area contributed by atoms with E-state index in [1.54, 1.807) is 17.9 Å². The Kier molecular flexibility index (Phi) is 9.90. The Labute approximate surface area is 208 Å². The van der Waals surface area contributed by atoms with E-state index in [0.29, 0.717) is 43.0 Å². The fraction of sp³-hybridized carbons (Fsp3) is 0.393. The number of ether oxygens (including phenoxy) is 3. The molecule has 0 unspecified atom stereocenters. The molecule has 35 heavy (non-hydrogen) atoms. The number of aromatic nitrogens is 2. The second-order valence-corrected chi connectivity index (χ2v) is 8.94. The quantitative estimate of drug-likeness (QED) is 0.262. The maximum absolute atomic E-state index is 10.6. The summed E-state index contributed by atoms with van der Waals surface area (Å²) in [5, 5.41) is 15.5. The largest absolute Gasteiger partial charge is 0.493 e. The number of para-hydroxylation sites is 2. The summed E-state index contributed by atoms with van der Waals surface area (Å²) in [6, 6.07) is 17.7. The highest BCUT2D eigenvalue weighted by Crippen LogP contribution is 2.37. The molecule has 0 saturated carbocycles. The van der Waals surface area contributed by atoms with E-state index in [2.05, 4.69) is 25.3 Å². The molecule has 0 radical (unpaired) electrons. The lowest BCUT2D eigenvalue weighted by atomic mass is 10.1. The van der Waals surface area contributed by atoms with Crippen molar-refractivity contribution in [2.24, 2.45) is 13.0 Å². The van der Waals surface area contributed by atoms with E-state index in [9.17, 15) is 5.11 Å². The molecule has 3 rings (SSSR count). The first-order valence-corrected chi connectivity index (χ1v) is 11.9. The van der Waals surface area contributed by atoms with Crippen LogP contribution in [0.1, 0.15) is 19.4 Å². The molecule has 0 fully saturated rings. The molecule has 1 N–H and O–H groups in total. The molecule has 0 amide bonds. The molecule has 3 aromatic rings. The number of rotatable bonds is 14. The fourth-order valence-corrected chi connectivity index (χ4v) is 4.04. The first kappa shape index (κ1) is 26.5. The molecular weight excluding hydrogens is 442 g/mol. The Morgan fingerprint density at radius 3 is 2.40 bits per heavy atom.